The monoisotopic (exact) mass is 363 g/mol. The first-order valence-corrected chi connectivity index (χ1v) is 7.92. The van der Waals surface area contributed by atoms with E-state index in [-0.39, 0.29) is 18.1 Å². The maximum absolute atomic E-state index is 12.1. The summed E-state index contributed by atoms with van der Waals surface area (Å²) in [5.74, 6) is 0.592. The SMILES string of the molecule is O=C(CCc1nc2ccccc2[nH]1)Nc1ccc(OCC(F)(F)F)cc1. The lowest BCUT2D eigenvalue weighted by molar-refractivity contribution is -0.153. The van der Waals surface area contributed by atoms with Gasteiger partial charge in [-0.05, 0) is 36.4 Å². The zero-order valence-electron chi connectivity index (χ0n) is 13.6. The van der Waals surface area contributed by atoms with Gasteiger partial charge in [0.2, 0.25) is 5.91 Å². The van der Waals surface area contributed by atoms with Crippen LogP contribution in [0.5, 0.6) is 5.75 Å². The molecule has 3 aromatic rings. The number of hydrogen-bond donors (Lipinski definition) is 2. The number of carbonyl (C=O) groups is 1. The normalized spacial score (nSPS) is 11.5. The number of hydrogen-bond acceptors (Lipinski definition) is 3. The third-order valence-corrected chi connectivity index (χ3v) is 3.57. The van der Waals surface area contributed by atoms with E-state index in [9.17, 15) is 18.0 Å². The van der Waals surface area contributed by atoms with E-state index in [1.807, 2.05) is 24.3 Å². The third-order valence-electron chi connectivity index (χ3n) is 3.57. The van der Waals surface area contributed by atoms with Crippen molar-refractivity contribution in [1.29, 1.82) is 0 Å². The Kier molecular flexibility index (Phi) is 5.11. The molecule has 1 amide bonds. The fraction of sp³-hybridized carbons (Fsp3) is 0.222. The van der Waals surface area contributed by atoms with Crippen LogP contribution in [0.4, 0.5) is 18.9 Å². The van der Waals surface area contributed by atoms with Gasteiger partial charge in [0.05, 0.1) is 11.0 Å². The van der Waals surface area contributed by atoms with Crippen molar-refractivity contribution in [2.75, 3.05) is 11.9 Å². The number of aromatic amines is 1. The number of para-hydroxylation sites is 2. The molecule has 0 aliphatic rings. The van der Waals surface area contributed by atoms with Gasteiger partial charge in [-0.25, -0.2) is 4.98 Å². The second-order valence-corrected chi connectivity index (χ2v) is 5.68. The van der Waals surface area contributed by atoms with Gasteiger partial charge in [-0.2, -0.15) is 13.2 Å². The summed E-state index contributed by atoms with van der Waals surface area (Å²) >= 11 is 0. The molecule has 2 aromatic carbocycles. The number of halogens is 3. The standard InChI is InChI=1S/C18H16F3N3O2/c19-18(20,21)11-26-13-7-5-12(6-8-13)22-17(25)10-9-16-23-14-3-1-2-4-15(14)24-16/h1-8H,9-11H2,(H,22,25)(H,23,24). The number of alkyl halides is 3. The summed E-state index contributed by atoms with van der Waals surface area (Å²) in [4.78, 5) is 19.6. The Hall–Kier alpha value is -3.03. The number of carbonyl (C=O) groups excluding carboxylic acids is 1. The van der Waals surface area contributed by atoms with Crippen LogP contribution in [-0.4, -0.2) is 28.7 Å². The van der Waals surface area contributed by atoms with Crippen molar-refractivity contribution in [3.63, 3.8) is 0 Å². The Labute approximate surface area is 147 Å². The molecule has 1 heterocycles. The molecule has 0 saturated heterocycles. The molecule has 26 heavy (non-hydrogen) atoms. The Morgan fingerprint density at radius 1 is 1.12 bits per heavy atom. The highest BCUT2D eigenvalue weighted by atomic mass is 19.4. The highest BCUT2D eigenvalue weighted by Gasteiger charge is 2.28. The molecule has 2 N–H and O–H groups in total. The highest BCUT2D eigenvalue weighted by molar-refractivity contribution is 5.90. The summed E-state index contributed by atoms with van der Waals surface area (Å²) < 4.78 is 40.9. The summed E-state index contributed by atoms with van der Waals surface area (Å²) in [7, 11) is 0. The average molecular weight is 363 g/mol. The molecule has 0 aliphatic carbocycles. The van der Waals surface area contributed by atoms with Crippen LogP contribution < -0.4 is 10.1 Å². The van der Waals surface area contributed by atoms with Gasteiger partial charge >= 0.3 is 6.18 Å². The largest absolute Gasteiger partial charge is 0.484 e. The molecule has 0 atom stereocenters. The van der Waals surface area contributed by atoms with E-state index in [0.29, 0.717) is 12.1 Å². The van der Waals surface area contributed by atoms with Crippen LogP contribution >= 0.6 is 0 Å². The van der Waals surface area contributed by atoms with Crippen LogP contribution in [0.3, 0.4) is 0 Å². The fourth-order valence-electron chi connectivity index (χ4n) is 2.38. The first-order chi connectivity index (χ1) is 12.4. The quantitative estimate of drug-likeness (QED) is 0.694. The molecule has 0 radical (unpaired) electrons. The van der Waals surface area contributed by atoms with Gasteiger partial charge in [0.1, 0.15) is 11.6 Å². The highest BCUT2D eigenvalue weighted by Crippen LogP contribution is 2.20. The molecule has 0 saturated carbocycles. The summed E-state index contributed by atoms with van der Waals surface area (Å²) in [6.45, 7) is -1.35. The van der Waals surface area contributed by atoms with Gasteiger partial charge in [-0.15, -0.1) is 0 Å². The first kappa shape index (κ1) is 17.8. The lowest BCUT2D eigenvalue weighted by Crippen LogP contribution is -2.19. The van der Waals surface area contributed by atoms with Crippen LogP contribution in [-0.2, 0) is 11.2 Å². The molecule has 8 heteroatoms. The van der Waals surface area contributed by atoms with Crippen LogP contribution in [0.25, 0.3) is 11.0 Å². The molecule has 0 bridgehead atoms. The fourth-order valence-corrected chi connectivity index (χ4v) is 2.38. The minimum atomic E-state index is -4.39. The van der Waals surface area contributed by atoms with E-state index >= 15 is 0 Å². The predicted molar refractivity (Wildman–Crippen MR) is 91.0 cm³/mol. The van der Waals surface area contributed by atoms with Crippen LogP contribution in [0.2, 0.25) is 0 Å². The zero-order chi connectivity index (χ0) is 18.6. The Bertz CT molecular complexity index is 856. The predicted octanol–water partition coefficient (Wildman–Crippen LogP) is 4.08. The summed E-state index contributed by atoms with van der Waals surface area (Å²) in [5, 5.41) is 2.69. The van der Waals surface area contributed by atoms with Gasteiger partial charge in [-0.1, -0.05) is 12.1 Å². The van der Waals surface area contributed by atoms with E-state index in [4.69, 9.17) is 0 Å². The van der Waals surface area contributed by atoms with Crippen molar-refractivity contribution in [3.8, 4) is 5.75 Å². The number of ether oxygens (including phenoxy) is 1. The number of anilines is 1. The summed E-state index contributed by atoms with van der Waals surface area (Å²) in [6, 6.07) is 13.3. The van der Waals surface area contributed by atoms with E-state index in [0.717, 1.165) is 16.9 Å². The average Bonchev–Trinajstić information content (AvgIpc) is 3.02. The number of aryl methyl sites for hydroxylation is 1. The maximum Gasteiger partial charge on any atom is 0.422 e. The number of benzene rings is 2. The molecule has 0 spiro atoms. The number of H-pyrrole nitrogens is 1. The molecular formula is C18H16F3N3O2. The molecule has 0 aliphatic heterocycles. The Morgan fingerprint density at radius 2 is 1.85 bits per heavy atom. The number of nitrogens with one attached hydrogen (secondary N) is 2. The molecular weight excluding hydrogens is 347 g/mol. The van der Waals surface area contributed by atoms with Gasteiger partial charge in [0.15, 0.2) is 6.61 Å². The van der Waals surface area contributed by atoms with Gasteiger partial charge < -0.3 is 15.0 Å². The van der Waals surface area contributed by atoms with Gasteiger partial charge in [-0.3, -0.25) is 4.79 Å². The lowest BCUT2D eigenvalue weighted by atomic mass is 10.2. The van der Waals surface area contributed by atoms with Crippen LogP contribution in [0.1, 0.15) is 12.2 Å². The Balaban J connectivity index is 1.49. The lowest BCUT2D eigenvalue weighted by Gasteiger charge is -2.10. The number of nitrogens with zero attached hydrogens (tertiary/aromatic N) is 1. The zero-order valence-corrected chi connectivity index (χ0v) is 13.6. The van der Waals surface area contributed by atoms with E-state index in [1.165, 1.54) is 24.3 Å². The van der Waals surface area contributed by atoms with Crippen molar-refractivity contribution in [1.82, 2.24) is 9.97 Å². The van der Waals surface area contributed by atoms with E-state index < -0.39 is 12.8 Å². The molecule has 136 valence electrons. The van der Waals surface area contributed by atoms with Crippen molar-refractivity contribution >= 4 is 22.6 Å². The van der Waals surface area contributed by atoms with E-state index in [2.05, 4.69) is 20.0 Å². The van der Waals surface area contributed by atoms with Crippen LogP contribution in [0.15, 0.2) is 48.5 Å². The first-order valence-electron chi connectivity index (χ1n) is 7.92. The van der Waals surface area contributed by atoms with Crippen molar-refractivity contribution in [3.05, 3.63) is 54.4 Å². The van der Waals surface area contributed by atoms with Gasteiger partial charge in [0.25, 0.3) is 0 Å². The summed E-state index contributed by atoms with van der Waals surface area (Å²) in [5.41, 5.74) is 2.24. The number of aromatic nitrogens is 2. The second-order valence-electron chi connectivity index (χ2n) is 5.68. The van der Waals surface area contributed by atoms with E-state index in [1.54, 1.807) is 0 Å². The number of rotatable bonds is 6. The minimum Gasteiger partial charge on any atom is -0.484 e. The molecule has 1 aromatic heterocycles. The maximum atomic E-state index is 12.1. The molecule has 0 fully saturated rings. The molecule has 3 rings (SSSR count). The van der Waals surface area contributed by atoms with Gasteiger partial charge in [0, 0.05) is 18.5 Å². The number of fused-ring (bicyclic) bond motifs is 1. The second kappa shape index (κ2) is 7.47. The molecule has 5 nitrogen and oxygen atoms in total. The van der Waals surface area contributed by atoms with Crippen molar-refractivity contribution < 1.29 is 22.7 Å². The van der Waals surface area contributed by atoms with Crippen LogP contribution in [0, 0.1) is 0 Å². The topological polar surface area (TPSA) is 67.0 Å². The van der Waals surface area contributed by atoms with Crippen molar-refractivity contribution in [2.45, 2.75) is 19.0 Å². The minimum absolute atomic E-state index is 0.0857. The Morgan fingerprint density at radius 3 is 2.54 bits per heavy atom. The number of imidazole rings is 1. The van der Waals surface area contributed by atoms with Crippen molar-refractivity contribution in [2.24, 2.45) is 0 Å². The smallest absolute Gasteiger partial charge is 0.422 e. The number of amides is 1. The molecule has 0 unspecified atom stereocenters. The third kappa shape index (κ3) is 4.98. The summed E-state index contributed by atoms with van der Waals surface area (Å²) in [6.07, 6.45) is -3.71.